The molecule has 138 valence electrons. The summed E-state index contributed by atoms with van der Waals surface area (Å²) in [5.74, 6) is -0.338. The molecule has 1 fully saturated rings. The standard InChI is InChI=1S/C17H22BrN3O3.ClH/c1-17(23)12-15(13-3-2-4-14(18)11-13)19-21(16(17)22)6-5-20-7-9-24-10-8-20;/h2-4,11,23H,5-10,12H2,1H3;1H. The van der Waals surface area contributed by atoms with Crippen molar-refractivity contribution in [3.05, 3.63) is 34.3 Å². The lowest BCUT2D eigenvalue weighted by molar-refractivity contribution is -0.150. The van der Waals surface area contributed by atoms with Crippen LogP contribution in [0.5, 0.6) is 0 Å². The largest absolute Gasteiger partial charge is 0.380 e. The molecule has 1 aromatic carbocycles. The second-order valence-electron chi connectivity index (χ2n) is 6.39. The third kappa shape index (κ3) is 5.01. The highest BCUT2D eigenvalue weighted by atomic mass is 79.9. The van der Waals surface area contributed by atoms with Crippen LogP contribution in [0.25, 0.3) is 0 Å². The SMILES string of the molecule is CC1(O)CC(c2cccc(Br)c2)=NN(CCN2CCOCC2)C1=O.Cl. The van der Waals surface area contributed by atoms with Gasteiger partial charge in [-0.15, -0.1) is 12.4 Å². The van der Waals surface area contributed by atoms with E-state index in [1.807, 2.05) is 24.3 Å². The molecule has 0 spiro atoms. The first kappa shape index (κ1) is 20.3. The monoisotopic (exact) mass is 431 g/mol. The van der Waals surface area contributed by atoms with Crippen LogP contribution in [0.1, 0.15) is 18.9 Å². The van der Waals surface area contributed by atoms with E-state index >= 15 is 0 Å². The quantitative estimate of drug-likeness (QED) is 0.789. The first-order chi connectivity index (χ1) is 11.5. The molecule has 2 aliphatic heterocycles. The molecule has 3 rings (SSSR count). The average molecular weight is 433 g/mol. The van der Waals surface area contributed by atoms with Crippen molar-refractivity contribution in [3.63, 3.8) is 0 Å². The van der Waals surface area contributed by atoms with Gasteiger partial charge in [0.1, 0.15) is 5.60 Å². The summed E-state index contributed by atoms with van der Waals surface area (Å²) in [5, 5.41) is 16.5. The Morgan fingerprint density at radius 1 is 1.32 bits per heavy atom. The Morgan fingerprint density at radius 2 is 2.04 bits per heavy atom. The summed E-state index contributed by atoms with van der Waals surface area (Å²) >= 11 is 3.45. The van der Waals surface area contributed by atoms with Gasteiger partial charge in [-0.05, 0) is 24.6 Å². The normalized spacial score (nSPS) is 24.7. The van der Waals surface area contributed by atoms with E-state index in [0.29, 0.717) is 6.54 Å². The van der Waals surface area contributed by atoms with Crippen LogP contribution in [0.2, 0.25) is 0 Å². The van der Waals surface area contributed by atoms with Gasteiger partial charge in [0, 0.05) is 30.5 Å². The van der Waals surface area contributed by atoms with Crippen LogP contribution in [-0.2, 0) is 9.53 Å². The smallest absolute Gasteiger partial charge is 0.274 e. The maximum atomic E-state index is 12.5. The number of aliphatic hydroxyl groups is 1. The van der Waals surface area contributed by atoms with E-state index in [9.17, 15) is 9.90 Å². The Morgan fingerprint density at radius 3 is 2.72 bits per heavy atom. The van der Waals surface area contributed by atoms with Gasteiger partial charge in [0.2, 0.25) is 0 Å². The summed E-state index contributed by atoms with van der Waals surface area (Å²) in [6.45, 7) is 5.91. The first-order valence-corrected chi connectivity index (χ1v) is 8.93. The molecule has 0 aliphatic carbocycles. The zero-order valence-corrected chi connectivity index (χ0v) is 16.6. The molecule has 25 heavy (non-hydrogen) atoms. The van der Waals surface area contributed by atoms with Gasteiger partial charge >= 0.3 is 0 Å². The minimum Gasteiger partial charge on any atom is -0.380 e. The Hall–Kier alpha value is -0.990. The van der Waals surface area contributed by atoms with Crippen molar-refractivity contribution in [3.8, 4) is 0 Å². The fraction of sp³-hybridized carbons (Fsp3) is 0.529. The molecule has 0 aromatic heterocycles. The fourth-order valence-electron chi connectivity index (χ4n) is 2.95. The van der Waals surface area contributed by atoms with Crippen LogP contribution >= 0.6 is 28.3 Å². The second-order valence-corrected chi connectivity index (χ2v) is 7.31. The van der Waals surface area contributed by atoms with Crippen molar-refractivity contribution in [2.45, 2.75) is 18.9 Å². The molecule has 1 aromatic rings. The predicted octanol–water partition coefficient (Wildman–Crippen LogP) is 1.89. The molecule has 0 bridgehead atoms. The molecular weight excluding hydrogens is 410 g/mol. The molecule has 1 amide bonds. The van der Waals surface area contributed by atoms with Crippen LogP contribution < -0.4 is 0 Å². The molecule has 0 saturated carbocycles. The third-order valence-electron chi connectivity index (χ3n) is 4.34. The van der Waals surface area contributed by atoms with E-state index in [2.05, 4.69) is 25.9 Å². The summed E-state index contributed by atoms with van der Waals surface area (Å²) in [5.41, 5.74) is 0.209. The van der Waals surface area contributed by atoms with Gasteiger partial charge in [0.15, 0.2) is 0 Å². The van der Waals surface area contributed by atoms with Gasteiger partial charge in [-0.3, -0.25) is 9.69 Å². The van der Waals surface area contributed by atoms with E-state index in [-0.39, 0.29) is 24.7 Å². The number of carbonyl (C=O) groups excluding carboxylic acids is 1. The van der Waals surface area contributed by atoms with Gasteiger partial charge in [0.05, 0.1) is 25.5 Å². The molecule has 2 aliphatic rings. The van der Waals surface area contributed by atoms with Crippen molar-refractivity contribution in [1.29, 1.82) is 0 Å². The lowest BCUT2D eigenvalue weighted by atomic mass is 9.92. The molecule has 2 heterocycles. The maximum Gasteiger partial charge on any atom is 0.274 e. The number of hydrazone groups is 1. The fourth-order valence-corrected chi connectivity index (χ4v) is 3.35. The molecule has 1 atom stereocenters. The van der Waals surface area contributed by atoms with Gasteiger partial charge < -0.3 is 9.84 Å². The molecule has 6 nitrogen and oxygen atoms in total. The van der Waals surface area contributed by atoms with E-state index in [1.165, 1.54) is 5.01 Å². The van der Waals surface area contributed by atoms with Gasteiger partial charge in [-0.2, -0.15) is 5.10 Å². The van der Waals surface area contributed by atoms with Gasteiger partial charge in [-0.25, -0.2) is 5.01 Å². The molecule has 1 unspecified atom stereocenters. The number of amides is 1. The minimum atomic E-state index is -1.43. The molecule has 0 radical (unpaired) electrons. The zero-order chi connectivity index (χ0) is 17.2. The highest BCUT2D eigenvalue weighted by Gasteiger charge is 2.40. The zero-order valence-electron chi connectivity index (χ0n) is 14.2. The molecule has 8 heteroatoms. The van der Waals surface area contributed by atoms with Crippen molar-refractivity contribution < 1.29 is 14.6 Å². The summed E-state index contributed by atoms with van der Waals surface area (Å²) < 4.78 is 6.28. The Kier molecular flexibility index (Phi) is 6.99. The molecule has 1 saturated heterocycles. The summed E-state index contributed by atoms with van der Waals surface area (Å²) in [6, 6.07) is 7.75. The van der Waals surface area contributed by atoms with Crippen LogP contribution in [0.4, 0.5) is 0 Å². The van der Waals surface area contributed by atoms with E-state index < -0.39 is 5.60 Å². The molecule has 1 N–H and O–H groups in total. The lowest BCUT2D eigenvalue weighted by Crippen LogP contribution is -2.52. The van der Waals surface area contributed by atoms with E-state index in [1.54, 1.807) is 6.92 Å². The van der Waals surface area contributed by atoms with Crippen molar-refractivity contribution >= 4 is 40.0 Å². The number of benzene rings is 1. The van der Waals surface area contributed by atoms with Crippen LogP contribution in [0, 0.1) is 0 Å². The average Bonchev–Trinajstić information content (AvgIpc) is 2.57. The van der Waals surface area contributed by atoms with E-state index in [0.717, 1.165) is 48.6 Å². The minimum absolute atomic E-state index is 0. The second kappa shape index (κ2) is 8.60. The lowest BCUT2D eigenvalue weighted by Gasteiger charge is -2.35. The van der Waals surface area contributed by atoms with Crippen LogP contribution in [0.15, 0.2) is 33.8 Å². The molecular formula is C17H23BrClN3O3. The number of halogens is 2. The number of morpholine rings is 1. The van der Waals surface area contributed by atoms with Crippen molar-refractivity contribution in [2.75, 3.05) is 39.4 Å². The van der Waals surface area contributed by atoms with Crippen LogP contribution in [0.3, 0.4) is 0 Å². The highest BCUT2D eigenvalue weighted by molar-refractivity contribution is 9.10. The number of nitrogens with zero attached hydrogens (tertiary/aromatic N) is 3. The van der Waals surface area contributed by atoms with Crippen molar-refractivity contribution in [1.82, 2.24) is 9.91 Å². The van der Waals surface area contributed by atoms with Gasteiger partial charge in [-0.1, -0.05) is 28.1 Å². The first-order valence-electron chi connectivity index (χ1n) is 8.13. The number of hydrogen-bond donors (Lipinski definition) is 1. The number of rotatable bonds is 4. The predicted molar refractivity (Wildman–Crippen MR) is 102 cm³/mol. The number of hydrogen-bond acceptors (Lipinski definition) is 5. The summed E-state index contributed by atoms with van der Waals surface area (Å²) in [7, 11) is 0. The number of ether oxygens (including phenoxy) is 1. The highest BCUT2D eigenvalue weighted by Crippen LogP contribution is 2.25. The topological polar surface area (TPSA) is 65.4 Å². The summed E-state index contributed by atoms with van der Waals surface area (Å²) in [6.07, 6.45) is 0.219. The summed E-state index contributed by atoms with van der Waals surface area (Å²) in [4.78, 5) is 14.7. The van der Waals surface area contributed by atoms with E-state index in [4.69, 9.17) is 4.74 Å². The number of carbonyl (C=O) groups is 1. The maximum absolute atomic E-state index is 12.5. The van der Waals surface area contributed by atoms with Crippen molar-refractivity contribution in [2.24, 2.45) is 5.10 Å². The van der Waals surface area contributed by atoms with Gasteiger partial charge in [0.25, 0.3) is 5.91 Å². The van der Waals surface area contributed by atoms with Crippen LogP contribution in [-0.4, -0.2) is 71.6 Å². The third-order valence-corrected chi connectivity index (χ3v) is 4.83. The Labute approximate surface area is 162 Å². The Balaban J connectivity index is 0.00000225. The Bertz CT molecular complexity index is 648.